The van der Waals surface area contributed by atoms with Gasteiger partial charge in [0.2, 0.25) is 0 Å². The monoisotopic (exact) mass is 531 g/mol. The number of carbonyl (C=O) groups is 2. The number of halogens is 1. The molecule has 0 saturated carbocycles. The third-order valence-electron chi connectivity index (χ3n) is 8.29. The second-order valence-electron chi connectivity index (χ2n) is 11.3. The zero-order valence-corrected chi connectivity index (χ0v) is 24.1. The number of nitrogens with zero attached hydrogens (tertiary/aromatic N) is 3. The zero-order valence-electron chi connectivity index (χ0n) is 24.1. The maximum atomic E-state index is 15.6. The normalized spacial score (nSPS) is 23.0. The van der Waals surface area contributed by atoms with Crippen molar-refractivity contribution in [1.82, 2.24) is 9.80 Å². The van der Waals surface area contributed by atoms with Crippen LogP contribution < -0.4 is 0 Å². The van der Waals surface area contributed by atoms with Crippen LogP contribution in [-0.4, -0.2) is 47.3 Å². The summed E-state index contributed by atoms with van der Waals surface area (Å²) in [6.45, 7) is 8.89. The lowest BCUT2D eigenvalue weighted by Crippen LogP contribution is -2.43. The van der Waals surface area contributed by atoms with Crippen molar-refractivity contribution in [3.05, 3.63) is 70.5 Å². The van der Waals surface area contributed by atoms with Crippen LogP contribution in [0.1, 0.15) is 90.2 Å². The molecule has 4 rings (SSSR count). The van der Waals surface area contributed by atoms with Crippen molar-refractivity contribution in [2.24, 2.45) is 10.9 Å². The van der Waals surface area contributed by atoms with E-state index in [-0.39, 0.29) is 23.7 Å². The van der Waals surface area contributed by atoms with Crippen molar-refractivity contribution in [3.63, 3.8) is 0 Å². The highest BCUT2D eigenvalue weighted by Gasteiger charge is 2.28. The van der Waals surface area contributed by atoms with E-state index >= 15 is 4.39 Å². The van der Waals surface area contributed by atoms with Crippen LogP contribution in [0.5, 0.6) is 0 Å². The molecule has 2 unspecified atom stereocenters. The number of hydrogen-bond donors (Lipinski definition) is 0. The number of amides is 1. The minimum absolute atomic E-state index is 0.0267. The predicted molar refractivity (Wildman–Crippen MR) is 157 cm³/mol. The second-order valence-corrected chi connectivity index (χ2v) is 11.3. The Morgan fingerprint density at radius 2 is 1.97 bits per heavy atom. The van der Waals surface area contributed by atoms with E-state index in [0.717, 1.165) is 85.8 Å². The Balaban J connectivity index is 1.68. The number of aliphatic imine (C=N–C) groups is 1. The molecule has 6 heteroatoms. The molecule has 1 amide bonds. The average molecular weight is 532 g/mol. The lowest BCUT2D eigenvalue weighted by atomic mass is 9.86. The van der Waals surface area contributed by atoms with Crippen LogP contribution in [0.2, 0.25) is 0 Å². The molecule has 3 aliphatic rings. The molecule has 39 heavy (non-hydrogen) atoms. The first-order valence-electron chi connectivity index (χ1n) is 14.4. The minimum Gasteiger partial charge on any atom is -0.335 e. The van der Waals surface area contributed by atoms with Crippen LogP contribution in [-0.2, 0) is 9.59 Å². The Kier molecular flexibility index (Phi) is 9.36. The SMILES string of the molecule is CCC1=CC(C(=O)N2CCCCCC2C)=N/C(=C/C(=C(C)C)c2ccc(C3=CCC(C=O)CC3)cc2F)N1C. The Morgan fingerprint density at radius 1 is 1.18 bits per heavy atom. The average Bonchev–Trinajstić information content (AvgIpc) is 3.16. The summed E-state index contributed by atoms with van der Waals surface area (Å²) < 4.78 is 15.6. The van der Waals surface area contributed by atoms with E-state index in [1.54, 1.807) is 6.07 Å². The number of likely N-dealkylation sites (tertiary alicyclic amines) is 1. The fourth-order valence-corrected chi connectivity index (χ4v) is 5.73. The Hall–Kier alpha value is -3.28. The molecule has 0 N–H and O–H groups in total. The first kappa shape index (κ1) is 28.7. The van der Waals surface area contributed by atoms with Crippen LogP contribution in [0.25, 0.3) is 11.1 Å². The van der Waals surface area contributed by atoms with Gasteiger partial charge in [0.1, 0.15) is 23.6 Å². The predicted octanol–water partition coefficient (Wildman–Crippen LogP) is 7.31. The molecule has 1 aromatic carbocycles. The largest absolute Gasteiger partial charge is 0.335 e. The standard InChI is InChI=1S/C33H42FN3O2/c1-6-27-19-31(33(39)37-17-9-7-8-10-23(37)4)35-32(36(27)5)20-29(22(2)3)28-16-15-26(18-30(28)34)25-13-11-24(21-38)12-14-25/h13,15-16,18-21,23-24H,6-12,14,17H2,1-5H3/b32-20-. The summed E-state index contributed by atoms with van der Waals surface area (Å²) in [6.07, 6.45) is 14.3. The fraction of sp³-hybridized carbons (Fsp3) is 0.485. The van der Waals surface area contributed by atoms with E-state index in [9.17, 15) is 9.59 Å². The van der Waals surface area contributed by atoms with Crippen LogP contribution in [0.3, 0.4) is 0 Å². The van der Waals surface area contributed by atoms with Gasteiger partial charge in [0, 0.05) is 36.8 Å². The van der Waals surface area contributed by atoms with Gasteiger partial charge in [0.15, 0.2) is 0 Å². The van der Waals surface area contributed by atoms with Crippen LogP contribution >= 0.6 is 0 Å². The first-order chi connectivity index (χ1) is 18.7. The third kappa shape index (κ3) is 6.48. The highest BCUT2D eigenvalue weighted by atomic mass is 19.1. The summed E-state index contributed by atoms with van der Waals surface area (Å²) >= 11 is 0. The van der Waals surface area contributed by atoms with Crippen LogP contribution in [0.15, 0.2) is 58.5 Å². The van der Waals surface area contributed by atoms with Gasteiger partial charge in [-0.05, 0) is 94.2 Å². The Morgan fingerprint density at radius 3 is 2.62 bits per heavy atom. The molecule has 5 nitrogen and oxygen atoms in total. The number of carbonyl (C=O) groups excluding carboxylic acids is 2. The minimum atomic E-state index is -0.289. The van der Waals surface area contributed by atoms with Gasteiger partial charge in [-0.2, -0.15) is 0 Å². The van der Waals surface area contributed by atoms with E-state index in [0.29, 0.717) is 23.5 Å². The molecule has 1 fully saturated rings. The van der Waals surface area contributed by atoms with Crippen molar-refractivity contribution in [1.29, 1.82) is 0 Å². The molecule has 0 aromatic heterocycles. The highest BCUT2D eigenvalue weighted by molar-refractivity contribution is 6.43. The highest BCUT2D eigenvalue weighted by Crippen LogP contribution is 2.33. The molecule has 1 saturated heterocycles. The number of rotatable bonds is 6. The van der Waals surface area contributed by atoms with E-state index in [1.165, 1.54) is 0 Å². The summed E-state index contributed by atoms with van der Waals surface area (Å²) in [5.74, 6) is 0.384. The van der Waals surface area contributed by atoms with Crippen molar-refractivity contribution in [2.45, 2.75) is 85.1 Å². The number of aldehydes is 1. The summed E-state index contributed by atoms with van der Waals surface area (Å²) in [6, 6.07) is 5.60. The number of hydrogen-bond acceptors (Lipinski definition) is 4. The van der Waals surface area contributed by atoms with Crippen molar-refractivity contribution >= 4 is 29.1 Å². The van der Waals surface area contributed by atoms with Gasteiger partial charge < -0.3 is 14.6 Å². The quantitative estimate of drug-likeness (QED) is 0.362. The van der Waals surface area contributed by atoms with E-state index in [4.69, 9.17) is 4.99 Å². The molecule has 208 valence electrons. The molecule has 2 aliphatic heterocycles. The van der Waals surface area contributed by atoms with E-state index in [2.05, 4.69) is 19.9 Å². The van der Waals surface area contributed by atoms with Crippen LogP contribution in [0, 0.1) is 11.7 Å². The lowest BCUT2D eigenvalue weighted by molar-refractivity contribution is -0.125. The van der Waals surface area contributed by atoms with Gasteiger partial charge in [0.25, 0.3) is 5.91 Å². The van der Waals surface area contributed by atoms with Crippen molar-refractivity contribution < 1.29 is 14.0 Å². The maximum Gasteiger partial charge on any atom is 0.272 e. The van der Waals surface area contributed by atoms with E-state index < -0.39 is 0 Å². The van der Waals surface area contributed by atoms with Gasteiger partial charge in [-0.3, -0.25) is 4.79 Å². The summed E-state index contributed by atoms with van der Waals surface area (Å²) in [7, 11) is 1.95. The summed E-state index contributed by atoms with van der Waals surface area (Å²) in [5.41, 5.74) is 5.65. The first-order valence-corrected chi connectivity index (χ1v) is 14.4. The van der Waals surface area contributed by atoms with Gasteiger partial charge in [-0.15, -0.1) is 0 Å². The maximum absolute atomic E-state index is 15.6. The summed E-state index contributed by atoms with van der Waals surface area (Å²) in [4.78, 5) is 33.5. The molecular weight excluding hydrogens is 489 g/mol. The molecule has 0 radical (unpaired) electrons. The lowest BCUT2D eigenvalue weighted by Gasteiger charge is -2.31. The molecule has 0 bridgehead atoms. The third-order valence-corrected chi connectivity index (χ3v) is 8.29. The number of allylic oxidation sites excluding steroid dienone is 6. The smallest absolute Gasteiger partial charge is 0.272 e. The van der Waals surface area contributed by atoms with Gasteiger partial charge in [-0.25, -0.2) is 9.38 Å². The fourth-order valence-electron chi connectivity index (χ4n) is 5.73. The second kappa shape index (κ2) is 12.7. The Labute approximate surface area is 232 Å². The molecule has 1 aliphatic carbocycles. The van der Waals surface area contributed by atoms with Crippen molar-refractivity contribution in [3.8, 4) is 0 Å². The number of benzene rings is 1. The molecule has 2 heterocycles. The van der Waals surface area contributed by atoms with Gasteiger partial charge >= 0.3 is 0 Å². The summed E-state index contributed by atoms with van der Waals surface area (Å²) in [5, 5.41) is 0. The topological polar surface area (TPSA) is 53.0 Å². The molecule has 2 atom stereocenters. The molecule has 1 aromatic rings. The van der Waals surface area contributed by atoms with Gasteiger partial charge in [-0.1, -0.05) is 43.5 Å². The Bertz CT molecular complexity index is 1270. The van der Waals surface area contributed by atoms with E-state index in [1.807, 2.05) is 55.0 Å². The molecular formula is C33H42FN3O2. The molecule has 0 spiro atoms. The van der Waals surface area contributed by atoms with Crippen LogP contribution in [0.4, 0.5) is 4.39 Å². The van der Waals surface area contributed by atoms with Gasteiger partial charge in [0.05, 0.1) is 0 Å². The zero-order chi connectivity index (χ0) is 28.1. The van der Waals surface area contributed by atoms with Crippen molar-refractivity contribution in [2.75, 3.05) is 13.6 Å².